The maximum Gasteiger partial charge on any atom is 0.573 e. The molecule has 2 heterocycles. The van der Waals surface area contributed by atoms with Crippen molar-refractivity contribution < 1.29 is 36.9 Å². The Hall–Kier alpha value is -1.61. The third-order valence-corrected chi connectivity index (χ3v) is 4.29. The Bertz CT molecular complexity index is 601. The SMILES string of the molecule is CCC=CC1COC(C2COC(c3ccc(OC(F)(F)F)cc3)OC2)OC1. The van der Waals surface area contributed by atoms with E-state index in [1.165, 1.54) is 24.3 Å². The molecule has 2 fully saturated rings. The molecule has 0 aliphatic carbocycles. The molecule has 0 N–H and O–H groups in total. The molecule has 2 aliphatic heterocycles. The van der Waals surface area contributed by atoms with E-state index in [-0.39, 0.29) is 23.9 Å². The molecule has 0 atom stereocenters. The largest absolute Gasteiger partial charge is 0.573 e. The van der Waals surface area contributed by atoms with Gasteiger partial charge in [0, 0.05) is 11.5 Å². The molecule has 0 bridgehead atoms. The van der Waals surface area contributed by atoms with Crippen molar-refractivity contribution in [3.63, 3.8) is 0 Å². The summed E-state index contributed by atoms with van der Waals surface area (Å²) in [6.45, 7) is 4.04. The quantitative estimate of drug-likeness (QED) is 0.708. The zero-order valence-corrected chi connectivity index (χ0v) is 15.0. The number of hydrogen-bond acceptors (Lipinski definition) is 5. The first-order valence-corrected chi connectivity index (χ1v) is 8.93. The summed E-state index contributed by atoms with van der Waals surface area (Å²) < 4.78 is 63.4. The molecule has 5 nitrogen and oxygen atoms in total. The zero-order chi connectivity index (χ0) is 19.3. The number of halogens is 3. The molecule has 0 aromatic heterocycles. The molecule has 0 spiro atoms. The van der Waals surface area contributed by atoms with Crippen LogP contribution in [0.2, 0.25) is 0 Å². The fourth-order valence-corrected chi connectivity index (χ4v) is 2.94. The summed E-state index contributed by atoms with van der Waals surface area (Å²) in [5.41, 5.74) is 0.623. The molecule has 0 unspecified atom stereocenters. The predicted molar refractivity (Wildman–Crippen MR) is 89.9 cm³/mol. The fourth-order valence-electron chi connectivity index (χ4n) is 2.94. The Morgan fingerprint density at radius 2 is 1.63 bits per heavy atom. The Morgan fingerprint density at radius 1 is 1.00 bits per heavy atom. The van der Waals surface area contributed by atoms with E-state index >= 15 is 0 Å². The maximum absolute atomic E-state index is 12.2. The van der Waals surface area contributed by atoms with E-state index in [1.807, 2.05) is 0 Å². The van der Waals surface area contributed by atoms with Crippen molar-refractivity contribution in [3.8, 4) is 5.75 Å². The minimum absolute atomic E-state index is 0.0507. The van der Waals surface area contributed by atoms with Gasteiger partial charge in [-0.05, 0) is 18.6 Å². The van der Waals surface area contributed by atoms with Crippen LogP contribution >= 0.6 is 0 Å². The maximum atomic E-state index is 12.2. The van der Waals surface area contributed by atoms with Crippen LogP contribution in [0.4, 0.5) is 13.2 Å². The highest BCUT2D eigenvalue weighted by molar-refractivity contribution is 5.28. The van der Waals surface area contributed by atoms with E-state index in [0.717, 1.165) is 6.42 Å². The Balaban J connectivity index is 1.46. The predicted octanol–water partition coefficient (Wildman–Crippen LogP) is 4.20. The Morgan fingerprint density at radius 3 is 2.19 bits per heavy atom. The standard InChI is InChI=1S/C19H23F3O5/c1-2-3-4-13-9-23-18(24-10-13)15-11-25-17(26-12-15)14-5-7-16(8-6-14)27-19(20,21)22/h3-8,13,15,17-18H,2,9-12H2,1H3. The number of benzene rings is 1. The van der Waals surface area contributed by atoms with E-state index in [9.17, 15) is 13.2 Å². The second-order valence-corrected chi connectivity index (χ2v) is 6.51. The van der Waals surface area contributed by atoms with Gasteiger partial charge in [0.05, 0.1) is 32.3 Å². The van der Waals surface area contributed by atoms with Crippen LogP contribution in [0.25, 0.3) is 0 Å². The highest BCUT2D eigenvalue weighted by atomic mass is 19.4. The second kappa shape index (κ2) is 9.05. The third kappa shape index (κ3) is 5.93. The van der Waals surface area contributed by atoms with Crippen LogP contribution in [0, 0.1) is 11.8 Å². The van der Waals surface area contributed by atoms with Gasteiger partial charge in [-0.25, -0.2) is 0 Å². The van der Waals surface area contributed by atoms with E-state index in [2.05, 4.69) is 23.8 Å². The van der Waals surface area contributed by atoms with Crippen molar-refractivity contribution in [2.24, 2.45) is 11.8 Å². The smallest absolute Gasteiger partial charge is 0.406 e. The second-order valence-electron chi connectivity index (χ2n) is 6.51. The first-order chi connectivity index (χ1) is 12.9. The van der Waals surface area contributed by atoms with Crippen molar-refractivity contribution in [3.05, 3.63) is 42.0 Å². The molecule has 0 amide bonds. The monoisotopic (exact) mass is 388 g/mol. The summed E-state index contributed by atoms with van der Waals surface area (Å²) in [6, 6.07) is 5.45. The van der Waals surface area contributed by atoms with Gasteiger partial charge in [0.15, 0.2) is 12.6 Å². The lowest BCUT2D eigenvalue weighted by Crippen LogP contribution is -2.42. The summed E-state index contributed by atoms with van der Waals surface area (Å²) in [6.07, 6.45) is -0.538. The summed E-state index contributed by atoms with van der Waals surface area (Å²) >= 11 is 0. The van der Waals surface area contributed by atoms with Crippen LogP contribution in [-0.4, -0.2) is 39.1 Å². The minimum Gasteiger partial charge on any atom is -0.406 e. The highest BCUT2D eigenvalue weighted by Gasteiger charge is 2.34. The van der Waals surface area contributed by atoms with Gasteiger partial charge in [-0.1, -0.05) is 31.2 Å². The molecular weight excluding hydrogens is 365 g/mol. The summed E-state index contributed by atoms with van der Waals surface area (Å²) in [5, 5.41) is 0. The fraction of sp³-hybridized carbons (Fsp3) is 0.579. The van der Waals surface area contributed by atoms with Gasteiger partial charge in [0.1, 0.15) is 5.75 Å². The lowest BCUT2D eigenvalue weighted by Gasteiger charge is -2.37. The van der Waals surface area contributed by atoms with Crippen LogP contribution in [0.1, 0.15) is 25.2 Å². The van der Waals surface area contributed by atoms with Gasteiger partial charge in [0.25, 0.3) is 0 Å². The van der Waals surface area contributed by atoms with Gasteiger partial charge in [0.2, 0.25) is 0 Å². The Labute approximate surface area is 156 Å². The topological polar surface area (TPSA) is 46.2 Å². The van der Waals surface area contributed by atoms with Crippen molar-refractivity contribution in [1.29, 1.82) is 0 Å². The normalized spacial score (nSPS) is 29.8. The van der Waals surface area contributed by atoms with Crippen LogP contribution in [-0.2, 0) is 18.9 Å². The van der Waals surface area contributed by atoms with Gasteiger partial charge >= 0.3 is 6.36 Å². The number of ether oxygens (including phenoxy) is 5. The number of alkyl halides is 3. The molecule has 2 saturated heterocycles. The van der Waals surface area contributed by atoms with Crippen molar-refractivity contribution in [1.82, 2.24) is 0 Å². The molecule has 0 saturated carbocycles. The Kier molecular flexibility index (Phi) is 6.75. The average molecular weight is 388 g/mol. The average Bonchev–Trinajstić information content (AvgIpc) is 2.66. The first kappa shape index (κ1) is 20.1. The molecule has 27 heavy (non-hydrogen) atoms. The van der Waals surface area contributed by atoms with Gasteiger partial charge in [-0.3, -0.25) is 0 Å². The minimum atomic E-state index is -4.71. The lowest BCUT2D eigenvalue weighted by atomic mass is 10.1. The molecule has 1 aromatic rings. The van der Waals surface area contributed by atoms with E-state index < -0.39 is 12.7 Å². The molecular formula is C19H23F3O5. The van der Waals surface area contributed by atoms with Crippen LogP contribution < -0.4 is 4.74 Å². The molecule has 8 heteroatoms. The van der Waals surface area contributed by atoms with Crippen LogP contribution in [0.3, 0.4) is 0 Å². The summed E-state index contributed by atoms with van der Waals surface area (Å²) in [5.74, 6) is -0.0717. The molecule has 3 rings (SSSR count). The first-order valence-electron chi connectivity index (χ1n) is 8.93. The number of hydrogen-bond donors (Lipinski definition) is 0. The van der Waals surface area contributed by atoms with Gasteiger partial charge in [-0.15, -0.1) is 13.2 Å². The van der Waals surface area contributed by atoms with Gasteiger partial charge < -0.3 is 23.7 Å². The third-order valence-electron chi connectivity index (χ3n) is 4.29. The van der Waals surface area contributed by atoms with Crippen LogP contribution in [0.15, 0.2) is 36.4 Å². The van der Waals surface area contributed by atoms with E-state index in [1.54, 1.807) is 0 Å². The molecule has 150 valence electrons. The van der Waals surface area contributed by atoms with Crippen molar-refractivity contribution in [2.75, 3.05) is 26.4 Å². The number of allylic oxidation sites excluding steroid dienone is 1. The van der Waals surface area contributed by atoms with Crippen molar-refractivity contribution >= 4 is 0 Å². The molecule has 2 aliphatic rings. The zero-order valence-electron chi connectivity index (χ0n) is 15.0. The van der Waals surface area contributed by atoms with E-state index in [0.29, 0.717) is 32.0 Å². The van der Waals surface area contributed by atoms with Crippen LogP contribution in [0.5, 0.6) is 5.75 Å². The van der Waals surface area contributed by atoms with Gasteiger partial charge in [-0.2, -0.15) is 0 Å². The lowest BCUT2D eigenvalue weighted by molar-refractivity contribution is -0.280. The molecule has 1 aromatic carbocycles. The van der Waals surface area contributed by atoms with Crippen molar-refractivity contribution in [2.45, 2.75) is 32.3 Å². The highest BCUT2D eigenvalue weighted by Crippen LogP contribution is 2.31. The van der Waals surface area contributed by atoms with E-state index in [4.69, 9.17) is 18.9 Å². The summed E-state index contributed by atoms with van der Waals surface area (Å²) in [7, 11) is 0. The molecule has 0 radical (unpaired) electrons. The summed E-state index contributed by atoms with van der Waals surface area (Å²) in [4.78, 5) is 0. The number of rotatable bonds is 5.